The summed E-state index contributed by atoms with van der Waals surface area (Å²) in [6.45, 7) is 8.03. The van der Waals surface area contributed by atoms with Crippen molar-refractivity contribution in [3.8, 4) is 5.75 Å². The first-order chi connectivity index (χ1) is 10.6. The van der Waals surface area contributed by atoms with E-state index >= 15 is 0 Å². The maximum absolute atomic E-state index is 11.0. The molecule has 0 aliphatic carbocycles. The predicted octanol–water partition coefficient (Wildman–Crippen LogP) is 4.19. The summed E-state index contributed by atoms with van der Waals surface area (Å²) in [6, 6.07) is 7.92. The Kier molecular flexibility index (Phi) is 8.41. The molecule has 0 fully saturated rings. The molecular formula is C18H29NO3. The molecule has 0 amide bonds. The van der Waals surface area contributed by atoms with Crippen molar-refractivity contribution in [1.82, 2.24) is 0 Å². The first-order valence-corrected chi connectivity index (χ1v) is 8.29. The fourth-order valence-corrected chi connectivity index (χ4v) is 2.30. The minimum absolute atomic E-state index is 0.380. The van der Waals surface area contributed by atoms with E-state index in [1.165, 1.54) is 19.3 Å². The zero-order valence-electron chi connectivity index (χ0n) is 14.0. The summed E-state index contributed by atoms with van der Waals surface area (Å²) < 4.78 is 5.73. The third-order valence-corrected chi connectivity index (χ3v) is 3.77. The Balaban J connectivity index is 2.49. The molecule has 0 radical (unpaired) electrons. The van der Waals surface area contributed by atoms with Crippen LogP contribution in [-0.4, -0.2) is 30.8 Å². The molecule has 0 bridgehead atoms. The zero-order valence-corrected chi connectivity index (χ0v) is 14.0. The number of hydrogen-bond acceptors (Lipinski definition) is 3. The van der Waals surface area contributed by atoms with Gasteiger partial charge in [0.05, 0.1) is 12.5 Å². The van der Waals surface area contributed by atoms with Gasteiger partial charge >= 0.3 is 5.97 Å². The number of aliphatic carboxylic acids is 1. The van der Waals surface area contributed by atoms with Gasteiger partial charge in [-0.1, -0.05) is 33.1 Å². The molecule has 0 heterocycles. The highest BCUT2D eigenvalue weighted by molar-refractivity contribution is 5.70. The number of rotatable bonds is 11. The number of unbranched alkanes of at least 4 members (excludes halogenated alkanes) is 3. The highest BCUT2D eigenvalue weighted by Gasteiger charge is 2.15. The number of nitrogens with zero attached hydrogens (tertiary/aromatic N) is 1. The first-order valence-electron chi connectivity index (χ1n) is 8.29. The number of anilines is 1. The standard InChI is InChI=1S/C18H29NO3/c1-4-6-7-8-13-22-17-11-9-16(10-12-17)19(5-2)14-15(3)18(20)21/h9-12,15H,4-8,13-14H2,1-3H3,(H,20,21). The van der Waals surface area contributed by atoms with Crippen molar-refractivity contribution in [1.29, 1.82) is 0 Å². The van der Waals surface area contributed by atoms with Gasteiger partial charge in [-0.25, -0.2) is 0 Å². The second-order valence-electron chi connectivity index (χ2n) is 5.68. The number of ether oxygens (including phenoxy) is 1. The molecule has 124 valence electrons. The molecule has 0 saturated carbocycles. The molecule has 0 aliphatic heterocycles. The van der Waals surface area contributed by atoms with Gasteiger partial charge in [-0.3, -0.25) is 4.79 Å². The molecular weight excluding hydrogens is 278 g/mol. The number of carbonyl (C=O) groups is 1. The quantitative estimate of drug-likeness (QED) is 0.623. The van der Waals surface area contributed by atoms with E-state index in [9.17, 15) is 4.79 Å². The van der Waals surface area contributed by atoms with E-state index in [0.717, 1.165) is 31.0 Å². The zero-order chi connectivity index (χ0) is 16.4. The van der Waals surface area contributed by atoms with Crippen LogP contribution in [-0.2, 0) is 4.79 Å². The van der Waals surface area contributed by atoms with Gasteiger partial charge in [-0.15, -0.1) is 0 Å². The van der Waals surface area contributed by atoms with Gasteiger partial charge in [-0.2, -0.15) is 0 Å². The number of hydrogen-bond donors (Lipinski definition) is 1. The van der Waals surface area contributed by atoms with Gasteiger partial charge < -0.3 is 14.7 Å². The van der Waals surface area contributed by atoms with Crippen LogP contribution in [0, 0.1) is 5.92 Å². The maximum atomic E-state index is 11.0. The van der Waals surface area contributed by atoms with Gasteiger partial charge in [0.2, 0.25) is 0 Å². The highest BCUT2D eigenvalue weighted by Crippen LogP contribution is 2.20. The Labute approximate surface area is 134 Å². The second-order valence-corrected chi connectivity index (χ2v) is 5.68. The van der Waals surface area contributed by atoms with Crippen LogP contribution >= 0.6 is 0 Å². The van der Waals surface area contributed by atoms with Crippen molar-refractivity contribution in [2.75, 3.05) is 24.6 Å². The summed E-state index contributed by atoms with van der Waals surface area (Å²) >= 11 is 0. The largest absolute Gasteiger partial charge is 0.494 e. The summed E-state index contributed by atoms with van der Waals surface area (Å²) in [5.41, 5.74) is 1.04. The lowest BCUT2D eigenvalue weighted by molar-refractivity contribution is -0.140. The Bertz CT molecular complexity index is 430. The molecule has 1 unspecified atom stereocenters. The van der Waals surface area contributed by atoms with Crippen molar-refractivity contribution in [3.63, 3.8) is 0 Å². The van der Waals surface area contributed by atoms with Gasteiger partial charge in [-0.05, 0) is 37.6 Å². The van der Waals surface area contributed by atoms with Crippen LogP contribution in [0.25, 0.3) is 0 Å². The summed E-state index contributed by atoms with van der Waals surface area (Å²) in [4.78, 5) is 13.1. The van der Waals surface area contributed by atoms with E-state index in [4.69, 9.17) is 9.84 Å². The Hall–Kier alpha value is -1.71. The predicted molar refractivity (Wildman–Crippen MR) is 90.8 cm³/mol. The van der Waals surface area contributed by atoms with Crippen LogP contribution < -0.4 is 9.64 Å². The van der Waals surface area contributed by atoms with Crippen molar-refractivity contribution >= 4 is 11.7 Å². The molecule has 1 aromatic rings. The minimum atomic E-state index is -0.759. The molecule has 0 saturated heterocycles. The van der Waals surface area contributed by atoms with Gasteiger partial charge in [0, 0.05) is 18.8 Å². The van der Waals surface area contributed by atoms with Crippen LogP contribution in [0.1, 0.15) is 46.5 Å². The Morgan fingerprint density at radius 1 is 1.18 bits per heavy atom. The average molecular weight is 307 g/mol. The van der Waals surface area contributed by atoms with E-state index < -0.39 is 5.97 Å². The van der Waals surface area contributed by atoms with Gasteiger partial charge in [0.1, 0.15) is 5.75 Å². The molecule has 4 heteroatoms. The summed E-state index contributed by atoms with van der Waals surface area (Å²) in [7, 11) is 0. The topological polar surface area (TPSA) is 49.8 Å². The molecule has 4 nitrogen and oxygen atoms in total. The Morgan fingerprint density at radius 3 is 2.41 bits per heavy atom. The van der Waals surface area contributed by atoms with E-state index in [1.54, 1.807) is 6.92 Å². The average Bonchev–Trinajstić information content (AvgIpc) is 2.52. The van der Waals surface area contributed by atoms with E-state index in [-0.39, 0.29) is 5.92 Å². The van der Waals surface area contributed by atoms with Gasteiger partial charge in [0.25, 0.3) is 0 Å². The molecule has 1 N–H and O–H groups in total. The maximum Gasteiger partial charge on any atom is 0.308 e. The van der Waals surface area contributed by atoms with Crippen LogP contribution in [0.15, 0.2) is 24.3 Å². The lowest BCUT2D eigenvalue weighted by atomic mass is 10.1. The highest BCUT2D eigenvalue weighted by atomic mass is 16.5. The normalized spacial score (nSPS) is 12.0. The lowest BCUT2D eigenvalue weighted by Gasteiger charge is -2.25. The number of benzene rings is 1. The SMILES string of the molecule is CCCCCCOc1ccc(N(CC)CC(C)C(=O)O)cc1. The van der Waals surface area contributed by atoms with Crippen molar-refractivity contribution in [2.24, 2.45) is 5.92 Å². The fourth-order valence-electron chi connectivity index (χ4n) is 2.30. The minimum Gasteiger partial charge on any atom is -0.494 e. The van der Waals surface area contributed by atoms with Crippen molar-refractivity contribution in [2.45, 2.75) is 46.5 Å². The third kappa shape index (κ3) is 6.37. The molecule has 1 aromatic carbocycles. The van der Waals surface area contributed by atoms with Crippen LogP contribution in [0.5, 0.6) is 5.75 Å². The van der Waals surface area contributed by atoms with Crippen molar-refractivity contribution < 1.29 is 14.6 Å². The Morgan fingerprint density at radius 2 is 1.86 bits per heavy atom. The number of carboxylic acid groups (broad SMARTS) is 1. The van der Waals surface area contributed by atoms with Crippen molar-refractivity contribution in [3.05, 3.63) is 24.3 Å². The first kappa shape index (κ1) is 18.3. The van der Waals surface area contributed by atoms with E-state index in [2.05, 4.69) is 11.8 Å². The van der Waals surface area contributed by atoms with Crippen LogP contribution in [0.3, 0.4) is 0 Å². The second kappa shape index (κ2) is 10.1. The summed E-state index contributed by atoms with van der Waals surface area (Å²) in [6.07, 6.45) is 4.80. The summed E-state index contributed by atoms with van der Waals surface area (Å²) in [5.74, 6) is -0.262. The molecule has 0 aliphatic rings. The number of carboxylic acids is 1. The van der Waals surface area contributed by atoms with Crippen LogP contribution in [0.4, 0.5) is 5.69 Å². The molecule has 0 aromatic heterocycles. The van der Waals surface area contributed by atoms with Gasteiger partial charge in [0.15, 0.2) is 0 Å². The monoisotopic (exact) mass is 307 g/mol. The molecule has 1 rings (SSSR count). The van der Waals surface area contributed by atoms with E-state index in [1.807, 2.05) is 31.2 Å². The van der Waals surface area contributed by atoms with E-state index in [0.29, 0.717) is 6.54 Å². The summed E-state index contributed by atoms with van der Waals surface area (Å²) in [5, 5.41) is 9.03. The third-order valence-electron chi connectivity index (χ3n) is 3.77. The molecule has 22 heavy (non-hydrogen) atoms. The molecule has 0 spiro atoms. The molecule has 1 atom stereocenters. The fraction of sp³-hybridized carbons (Fsp3) is 0.611. The van der Waals surface area contributed by atoms with Crippen LogP contribution in [0.2, 0.25) is 0 Å². The lowest BCUT2D eigenvalue weighted by Crippen LogP contribution is -2.31. The smallest absolute Gasteiger partial charge is 0.308 e.